The summed E-state index contributed by atoms with van der Waals surface area (Å²) < 4.78 is 27.2. The molecule has 0 atom stereocenters. The van der Waals surface area contributed by atoms with E-state index in [9.17, 15) is 13.2 Å². The van der Waals surface area contributed by atoms with Gasteiger partial charge in [0.15, 0.2) is 0 Å². The lowest BCUT2D eigenvalue weighted by Gasteiger charge is -2.05. The molecule has 1 amide bonds. The zero-order valence-corrected chi connectivity index (χ0v) is 10.6. The molecule has 0 aliphatic rings. The van der Waals surface area contributed by atoms with Crippen molar-refractivity contribution in [1.82, 2.24) is 0 Å². The average molecular weight is 277 g/mol. The topological polar surface area (TPSA) is 86.5 Å². The normalized spacial score (nSPS) is 10.9. The Kier molecular flexibility index (Phi) is 3.52. The fraction of sp³-hybridized carbons (Fsp3) is 0. The van der Waals surface area contributed by atoms with Crippen LogP contribution in [0.15, 0.2) is 59.5 Å². The SMILES string of the molecule is NC(=O)OS(=O)(=O)c1ccc(-c2ccccc2)cc1. The summed E-state index contributed by atoms with van der Waals surface area (Å²) >= 11 is 0. The first kappa shape index (κ1) is 13.1. The van der Waals surface area contributed by atoms with Gasteiger partial charge in [-0.3, -0.25) is 0 Å². The van der Waals surface area contributed by atoms with Gasteiger partial charge >= 0.3 is 16.2 Å². The van der Waals surface area contributed by atoms with Gasteiger partial charge in [-0.1, -0.05) is 42.5 Å². The third-order valence-electron chi connectivity index (χ3n) is 2.44. The largest absolute Gasteiger partial charge is 0.420 e. The minimum absolute atomic E-state index is 0.119. The predicted octanol–water partition coefficient (Wildman–Crippen LogP) is 2.14. The Morgan fingerprint density at radius 1 is 0.895 bits per heavy atom. The van der Waals surface area contributed by atoms with Crippen LogP contribution in [0.3, 0.4) is 0 Å². The summed E-state index contributed by atoms with van der Waals surface area (Å²) in [5.74, 6) is 0. The number of rotatable bonds is 3. The molecule has 6 heteroatoms. The van der Waals surface area contributed by atoms with Crippen LogP contribution in [0.4, 0.5) is 4.79 Å². The summed E-state index contributed by atoms with van der Waals surface area (Å²) in [5.41, 5.74) is 6.52. The van der Waals surface area contributed by atoms with E-state index in [0.29, 0.717) is 0 Å². The van der Waals surface area contributed by atoms with Crippen LogP contribution in [-0.4, -0.2) is 14.5 Å². The van der Waals surface area contributed by atoms with Gasteiger partial charge in [0.25, 0.3) is 0 Å². The van der Waals surface area contributed by atoms with Crippen LogP contribution in [0.25, 0.3) is 11.1 Å². The van der Waals surface area contributed by atoms with E-state index in [4.69, 9.17) is 5.73 Å². The van der Waals surface area contributed by atoms with Crippen molar-refractivity contribution in [3.8, 4) is 11.1 Å². The molecular weight excluding hydrogens is 266 g/mol. The Hall–Kier alpha value is -2.34. The molecule has 0 unspecified atom stereocenters. The molecule has 0 saturated carbocycles. The minimum Gasteiger partial charge on any atom is -0.334 e. The van der Waals surface area contributed by atoms with Gasteiger partial charge in [-0.15, -0.1) is 0 Å². The van der Waals surface area contributed by atoms with Gasteiger partial charge in [0.2, 0.25) is 0 Å². The van der Waals surface area contributed by atoms with Crippen molar-refractivity contribution in [3.63, 3.8) is 0 Å². The Balaban J connectivity index is 2.32. The molecule has 0 spiro atoms. The molecule has 2 aromatic carbocycles. The van der Waals surface area contributed by atoms with Crippen LogP contribution in [0.5, 0.6) is 0 Å². The molecule has 0 aromatic heterocycles. The number of hydrogen-bond donors (Lipinski definition) is 1. The van der Waals surface area contributed by atoms with Crippen molar-refractivity contribution < 1.29 is 17.4 Å². The molecule has 19 heavy (non-hydrogen) atoms. The highest BCUT2D eigenvalue weighted by atomic mass is 32.2. The van der Waals surface area contributed by atoms with Crippen LogP contribution >= 0.6 is 0 Å². The molecule has 98 valence electrons. The number of nitrogens with two attached hydrogens (primary N) is 1. The fourth-order valence-electron chi connectivity index (χ4n) is 1.60. The third kappa shape index (κ3) is 3.11. The number of benzene rings is 2. The van der Waals surface area contributed by atoms with E-state index in [0.717, 1.165) is 11.1 Å². The van der Waals surface area contributed by atoms with Crippen molar-refractivity contribution in [2.45, 2.75) is 4.90 Å². The van der Waals surface area contributed by atoms with Crippen LogP contribution in [0.1, 0.15) is 0 Å². The van der Waals surface area contributed by atoms with Crippen molar-refractivity contribution >= 4 is 16.2 Å². The average Bonchev–Trinajstić information content (AvgIpc) is 2.38. The number of carbonyl (C=O) groups excluding carboxylic acids is 1. The van der Waals surface area contributed by atoms with Crippen molar-refractivity contribution in [2.75, 3.05) is 0 Å². The Morgan fingerprint density at radius 3 is 1.95 bits per heavy atom. The second-order valence-corrected chi connectivity index (χ2v) is 5.29. The first-order valence-electron chi connectivity index (χ1n) is 5.38. The highest BCUT2D eigenvalue weighted by Crippen LogP contribution is 2.21. The standard InChI is InChI=1S/C13H11NO4S/c14-13(15)18-19(16,17)12-8-6-11(7-9-12)10-4-2-1-3-5-10/h1-9H,(H2,14,15). The van der Waals surface area contributed by atoms with Gasteiger partial charge in [0.05, 0.1) is 0 Å². The van der Waals surface area contributed by atoms with Crippen molar-refractivity contribution in [2.24, 2.45) is 5.73 Å². The molecule has 2 aromatic rings. The molecule has 0 saturated heterocycles. The molecular formula is C13H11NO4S. The molecule has 5 nitrogen and oxygen atoms in total. The molecule has 0 heterocycles. The fourth-order valence-corrected chi connectivity index (χ4v) is 2.38. The van der Waals surface area contributed by atoms with Crippen LogP contribution in [0, 0.1) is 0 Å². The summed E-state index contributed by atoms with van der Waals surface area (Å²) in [6.07, 6.45) is -1.35. The lowest BCUT2D eigenvalue weighted by Crippen LogP contribution is -2.18. The molecule has 0 fully saturated rings. The maximum atomic E-state index is 11.6. The van der Waals surface area contributed by atoms with Gasteiger partial charge in [0.1, 0.15) is 4.90 Å². The van der Waals surface area contributed by atoms with E-state index < -0.39 is 16.2 Å². The maximum Gasteiger partial charge on any atom is 0.420 e. The molecule has 2 N–H and O–H groups in total. The Bertz CT molecular complexity index is 678. The van der Waals surface area contributed by atoms with Gasteiger partial charge < -0.3 is 9.92 Å². The van der Waals surface area contributed by atoms with E-state index in [-0.39, 0.29) is 4.90 Å². The monoisotopic (exact) mass is 277 g/mol. The quantitative estimate of drug-likeness (QED) is 0.871. The molecule has 2 rings (SSSR count). The molecule has 0 aliphatic heterocycles. The second kappa shape index (κ2) is 5.11. The minimum atomic E-state index is -4.13. The second-order valence-electron chi connectivity index (χ2n) is 3.75. The van der Waals surface area contributed by atoms with E-state index in [1.165, 1.54) is 12.1 Å². The summed E-state index contributed by atoms with van der Waals surface area (Å²) in [4.78, 5) is 10.4. The van der Waals surface area contributed by atoms with E-state index in [1.807, 2.05) is 30.3 Å². The third-order valence-corrected chi connectivity index (χ3v) is 3.68. The van der Waals surface area contributed by atoms with E-state index >= 15 is 0 Å². The molecule has 0 radical (unpaired) electrons. The summed E-state index contributed by atoms with van der Waals surface area (Å²) in [6, 6.07) is 15.5. The van der Waals surface area contributed by atoms with Crippen molar-refractivity contribution in [3.05, 3.63) is 54.6 Å². The van der Waals surface area contributed by atoms with Crippen LogP contribution in [0.2, 0.25) is 0 Å². The molecule has 0 aliphatic carbocycles. The highest BCUT2D eigenvalue weighted by molar-refractivity contribution is 7.87. The van der Waals surface area contributed by atoms with Gasteiger partial charge in [-0.2, -0.15) is 8.42 Å². The van der Waals surface area contributed by atoms with E-state index in [2.05, 4.69) is 4.18 Å². The summed E-state index contributed by atoms with van der Waals surface area (Å²) in [5, 5.41) is 0. The van der Waals surface area contributed by atoms with Crippen LogP contribution in [-0.2, 0) is 14.3 Å². The smallest absolute Gasteiger partial charge is 0.334 e. The number of carbonyl (C=O) groups is 1. The first-order valence-corrected chi connectivity index (χ1v) is 6.79. The predicted molar refractivity (Wildman–Crippen MR) is 69.7 cm³/mol. The lowest BCUT2D eigenvalue weighted by atomic mass is 10.1. The summed E-state index contributed by atoms with van der Waals surface area (Å²) in [6.45, 7) is 0. The van der Waals surface area contributed by atoms with Crippen molar-refractivity contribution in [1.29, 1.82) is 0 Å². The summed E-state index contributed by atoms with van der Waals surface area (Å²) in [7, 11) is -4.13. The van der Waals surface area contributed by atoms with Gasteiger partial charge in [0, 0.05) is 0 Å². The Morgan fingerprint density at radius 2 is 1.42 bits per heavy atom. The first-order chi connectivity index (χ1) is 8.99. The maximum absolute atomic E-state index is 11.6. The number of amides is 1. The van der Waals surface area contributed by atoms with Gasteiger partial charge in [-0.05, 0) is 23.3 Å². The van der Waals surface area contributed by atoms with Gasteiger partial charge in [-0.25, -0.2) is 4.79 Å². The highest BCUT2D eigenvalue weighted by Gasteiger charge is 2.18. The Labute approximate surface area is 110 Å². The number of primary amides is 1. The van der Waals surface area contributed by atoms with E-state index in [1.54, 1.807) is 12.1 Å². The zero-order valence-electron chi connectivity index (χ0n) is 9.81. The molecule has 0 bridgehead atoms. The zero-order chi connectivity index (χ0) is 13.9. The number of hydrogen-bond acceptors (Lipinski definition) is 4. The lowest BCUT2D eigenvalue weighted by molar-refractivity contribution is 0.212. The van der Waals surface area contributed by atoms with Crippen LogP contribution < -0.4 is 5.73 Å².